The third-order valence-corrected chi connectivity index (χ3v) is 6.12. The monoisotopic (exact) mass is 415 g/mol. The highest BCUT2D eigenvalue weighted by molar-refractivity contribution is 7.89. The fourth-order valence-electron chi connectivity index (χ4n) is 2.75. The molecule has 1 aromatic heterocycles. The number of ether oxygens (including phenoxy) is 1. The molecule has 2 N–H and O–H groups in total. The van der Waals surface area contributed by atoms with Gasteiger partial charge in [0.2, 0.25) is 10.0 Å². The van der Waals surface area contributed by atoms with Crippen molar-refractivity contribution in [2.24, 2.45) is 0 Å². The number of para-hydroxylation sites is 1. The molecule has 0 fully saturated rings. The molecule has 0 aliphatic heterocycles. The van der Waals surface area contributed by atoms with Gasteiger partial charge in [0, 0.05) is 36.9 Å². The quantitative estimate of drug-likeness (QED) is 0.575. The Morgan fingerprint density at radius 2 is 1.76 bits per heavy atom. The molecule has 9 heteroatoms. The molecule has 0 spiro atoms. The number of aromatic amines is 1. The van der Waals surface area contributed by atoms with Crippen molar-refractivity contribution in [2.45, 2.75) is 11.3 Å². The van der Waals surface area contributed by atoms with E-state index in [-0.39, 0.29) is 11.3 Å². The molecule has 3 aromatic rings. The first-order valence-corrected chi connectivity index (χ1v) is 10.2. The fraction of sp³-hybridized carbons (Fsp3) is 0.200. The van der Waals surface area contributed by atoms with Gasteiger partial charge >= 0.3 is 5.97 Å². The van der Waals surface area contributed by atoms with Gasteiger partial charge in [-0.3, -0.25) is 9.59 Å². The van der Waals surface area contributed by atoms with Crippen molar-refractivity contribution >= 4 is 38.5 Å². The van der Waals surface area contributed by atoms with E-state index >= 15 is 0 Å². The van der Waals surface area contributed by atoms with Crippen LogP contribution in [0.15, 0.2) is 59.6 Å². The average Bonchev–Trinajstić information content (AvgIpc) is 3.09. The van der Waals surface area contributed by atoms with E-state index in [2.05, 4.69) is 10.3 Å². The van der Waals surface area contributed by atoms with Crippen molar-refractivity contribution in [3.05, 3.63) is 60.3 Å². The molecule has 29 heavy (non-hydrogen) atoms. The zero-order valence-corrected chi connectivity index (χ0v) is 16.8. The summed E-state index contributed by atoms with van der Waals surface area (Å²) in [6, 6.07) is 13.3. The predicted octanol–water partition coefficient (Wildman–Crippen LogP) is 2.14. The first-order valence-electron chi connectivity index (χ1n) is 8.80. The number of aromatic nitrogens is 1. The van der Waals surface area contributed by atoms with Crippen molar-refractivity contribution in [3.63, 3.8) is 0 Å². The van der Waals surface area contributed by atoms with Gasteiger partial charge in [0.05, 0.1) is 11.3 Å². The third kappa shape index (κ3) is 4.82. The smallest absolute Gasteiger partial charge is 0.310 e. The second-order valence-corrected chi connectivity index (χ2v) is 8.71. The summed E-state index contributed by atoms with van der Waals surface area (Å²) >= 11 is 0. The lowest BCUT2D eigenvalue weighted by molar-refractivity contribution is -0.146. The standard InChI is InChI=1S/C20H21N3O5S/c1-23(2)29(26,27)16-9-7-15(8-10-16)22-19(24)13-28-20(25)11-14-12-21-18-6-4-3-5-17(14)18/h3-10,12,21H,11,13H2,1-2H3,(H,22,24). The zero-order chi connectivity index (χ0) is 21.0. The Hall–Kier alpha value is -3.17. The van der Waals surface area contributed by atoms with E-state index < -0.39 is 28.5 Å². The zero-order valence-electron chi connectivity index (χ0n) is 16.0. The maximum absolute atomic E-state index is 12.0. The molecule has 3 rings (SSSR count). The lowest BCUT2D eigenvalue weighted by atomic mass is 10.1. The molecule has 0 bridgehead atoms. The van der Waals surface area contributed by atoms with Crippen molar-refractivity contribution in [3.8, 4) is 0 Å². The van der Waals surface area contributed by atoms with Crippen LogP contribution in [0.3, 0.4) is 0 Å². The summed E-state index contributed by atoms with van der Waals surface area (Å²) in [5.74, 6) is -1.03. The highest BCUT2D eigenvalue weighted by atomic mass is 32.2. The lowest BCUT2D eigenvalue weighted by Gasteiger charge is -2.12. The number of hydrogen-bond acceptors (Lipinski definition) is 5. The largest absolute Gasteiger partial charge is 0.455 e. The van der Waals surface area contributed by atoms with Crippen LogP contribution in [0.5, 0.6) is 0 Å². The van der Waals surface area contributed by atoms with Gasteiger partial charge in [0.15, 0.2) is 6.61 Å². The number of nitrogens with one attached hydrogen (secondary N) is 2. The van der Waals surface area contributed by atoms with Crippen LogP contribution in [-0.4, -0.2) is 50.3 Å². The summed E-state index contributed by atoms with van der Waals surface area (Å²) in [5.41, 5.74) is 2.12. The highest BCUT2D eigenvalue weighted by Crippen LogP contribution is 2.19. The van der Waals surface area contributed by atoms with Gasteiger partial charge in [-0.25, -0.2) is 12.7 Å². The third-order valence-electron chi connectivity index (χ3n) is 4.29. The normalized spacial score (nSPS) is 11.6. The number of benzene rings is 2. The maximum atomic E-state index is 12.0. The van der Waals surface area contributed by atoms with E-state index in [1.54, 1.807) is 6.20 Å². The Morgan fingerprint density at radius 3 is 2.45 bits per heavy atom. The van der Waals surface area contributed by atoms with Crippen LogP contribution in [0, 0.1) is 0 Å². The van der Waals surface area contributed by atoms with Gasteiger partial charge in [0.25, 0.3) is 5.91 Å². The molecular weight excluding hydrogens is 394 g/mol. The van der Waals surface area contributed by atoms with E-state index in [9.17, 15) is 18.0 Å². The molecule has 0 saturated heterocycles. The molecular formula is C20H21N3O5S. The lowest BCUT2D eigenvalue weighted by Crippen LogP contribution is -2.23. The van der Waals surface area contributed by atoms with Crippen molar-refractivity contribution in [1.82, 2.24) is 9.29 Å². The molecule has 1 amide bonds. The topological polar surface area (TPSA) is 109 Å². The molecule has 1 heterocycles. The fourth-order valence-corrected chi connectivity index (χ4v) is 3.65. The van der Waals surface area contributed by atoms with Gasteiger partial charge < -0.3 is 15.0 Å². The molecule has 2 aromatic carbocycles. The summed E-state index contributed by atoms with van der Waals surface area (Å²) < 4.78 is 30.2. The first-order chi connectivity index (χ1) is 13.8. The Balaban J connectivity index is 1.52. The van der Waals surface area contributed by atoms with Crippen LogP contribution < -0.4 is 5.32 Å². The molecule has 152 valence electrons. The van der Waals surface area contributed by atoms with E-state index in [0.29, 0.717) is 5.69 Å². The summed E-state index contributed by atoms with van der Waals surface area (Å²) in [6.07, 6.45) is 1.80. The van der Waals surface area contributed by atoms with Crippen molar-refractivity contribution < 1.29 is 22.7 Å². The van der Waals surface area contributed by atoms with E-state index in [1.165, 1.54) is 38.4 Å². The molecule has 0 radical (unpaired) electrons. The number of nitrogens with zero attached hydrogens (tertiary/aromatic N) is 1. The van der Waals surface area contributed by atoms with Gasteiger partial charge in [-0.05, 0) is 35.9 Å². The van der Waals surface area contributed by atoms with Gasteiger partial charge in [0.1, 0.15) is 0 Å². The Morgan fingerprint density at radius 1 is 1.07 bits per heavy atom. The van der Waals surface area contributed by atoms with Crippen LogP contribution >= 0.6 is 0 Å². The summed E-state index contributed by atoms with van der Waals surface area (Å²) in [5, 5.41) is 3.50. The molecule has 0 saturated carbocycles. The van der Waals surface area contributed by atoms with E-state index in [0.717, 1.165) is 20.8 Å². The number of carbonyl (C=O) groups is 2. The molecule has 0 aliphatic carbocycles. The van der Waals surface area contributed by atoms with Crippen LogP contribution in [0.4, 0.5) is 5.69 Å². The van der Waals surface area contributed by atoms with Crippen molar-refractivity contribution in [1.29, 1.82) is 0 Å². The van der Waals surface area contributed by atoms with Crippen LogP contribution in [-0.2, 0) is 30.8 Å². The van der Waals surface area contributed by atoms with E-state index in [1.807, 2.05) is 24.3 Å². The molecule has 0 atom stereocenters. The average molecular weight is 415 g/mol. The number of carbonyl (C=O) groups excluding carboxylic acids is 2. The van der Waals surface area contributed by atoms with Gasteiger partial charge in [-0.15, -0.1) is 0 Å². The molecule has 0 unspecified atom stereocenters. The highest BCUT2D eigenvalue weighted by Gasteiger charge is 2.17. The maximum Gasteiger partial charge on any atom is 0.310 e. The number of anilines is 1. The minimum absolute atomic E-state index is 0.0500. The molecule has 8 nitrogen and oxygen atoms in total. The number of H-pyrrole nitrogens is 1. The Labute approximate surface area is 168 Å². The number of amides is 1. The SMILES string of the molecule is CN(C)S(=O)(=O)c1ccc(NC(=O)COC(=O)Cc2c[nH]c3ccccc23)cc1. The number of rotatable bonds is 7. The minimum Gasteiger partial charge on any atom is -0.455 e. The predicted molar refractivity (Wildman–Crippen MR) is 109 cm³/mol. The second kappa shape index (κ2) is 8.46. The van der Waals surface area contributed by atoms with Gasteiger partial charge in [-0.2, -0.15) is 0 Å². The van der Waals surface area contributed by atoms with Crippen LogP contribution in [0.25, 0.3) is 10.9 Å². The Kier molecular flexibility index (Phi) is 6.00. The van der Waals surface area contributed by atoms with Gasteiger partial charge in [-0.1, -0.05) is 18.2 Å². The van der Waals surface area contributed by atoms with E-state index in [4.69, 9.17) is 4.74 Å². The summed E-state index contributed by atoms with van der Waals surface area (Å²) in [6.45, 7) is -0.432. The second-order valence-electron chi connectivity index (χ2n) is 6.56. The van der Waals surface area contributed by atoms with Crippen LogP contribution in [0.1, 0.15) is 5.56 Å². The number of esters is 1. The molecule has 0 aliphatic rings. The first kappa shape index (κ1) is 20.6. The summed E-state index contributed by atoms with van der Waals surface area (Å²) in [7, 11) is -0.655. The summed E-state index contributed by atoms with van der Waals surface area (Å²) in [4.78, 5) is 27.2. The Bertz CT molecular complexity index is 1130. The van der Waals surface area contributed by atoms with Crippen molar-refractivity contribution in [2.75, 3.05) is 26.0 Å². The number of sulfonamides is 1. The minimum atomic E-state index is -3.54. The number of fused-ring (bicyclic) bond motifs is 1. The number of hydrogen-bond donors (Lipinski definition) is 2. The van der Waals surface area contributed by atoms with Crippen LogP contribution in [0.2, 0.25) is 0 Å².